The van der Waals surface area contributed by atoms with Gasteiger partial charge in [0.05, 0.1) is 0 Å². The Morgan fingerprint density at radius 2 is 2.15 bits per heavy atom. The molecule has 0 aliphatic rings. The van der Waals surface area contributed by atoms with Crippen molar-refractivity contribution < 1.29 is 14.4 Å². The van der Waals surface area contributed by atoms with Crippen LogP contribution < -0.4 is 11.1 Å². The summed E-state index contributed by atoms with van der Waals surface area (Å²) in [5.74, 6) is -1.37. The van der Waals surface area contributed by atoms with Crippen LogP contribution in [-0.2, 0) is 14.4 Å². The van der Waals surface area contributed by atoms with Crippen LogP contribution in [0, 0.1) is 0 Å². The Labute approximate surface area is 81.5 Å². The number of thiol groups is 1. The molecule has 6 heteroatoms. The van der Waals surface area contributed by atoms with Gasteiger partial charge in [0.25, 0.3) is 5.91 Å². The molecule has 1 radical (unpaired) electrons. The summed E-state index contributed by atoms with van der Waals surface area (Å²) in [4.78, 5) is 31.2. The van der Waals surface area contributed by atoms with Gasteiger partial charge in [-0.25, -0.2) is 0 Å². The maximum absolute atomic E-state index is 11.0. The van der Waals surface area contributed by atoms with Gasteiger partial charge in [0.2, 0.25) is 6.41 Å². The predicted octanol–water partition coefficient (Wildman–Crippen LogP) is -0.810. The van der Waals surface area contributed by atoms with Crippen molar-refractivity contribution in [3.63, 3.8) is 0 Å². The minimum absolute atomic E-state index is 0.152. The molecule has 0 aromatic rings. The lowest BCUT2D eigenvalue weighted by Gasteiger charge is -2.03. The minimum Gasteiger partial charge on any atom is -0.359 e. The standard InChI is InChI=1S/C7H11N2O3S/c8-7(12)6(13)5(11)2-1-3-9-4-10/h4,6,8,13H,1-3H2,(H,9,10). The second kappa shape index (κ2) is 6.47. The summed E-state index contributed by atoms with van der Waals surface area (Å²) in [6.07, 6.45) is 1.15. The highest BCUT2D eigenvalue weighted by molar-refractivity contribution is 7.82. The van der Waals surface area contributed by atoms with Crippen molar-refractivity contribution in [1.82, 2.24) is 11.1 Å². The Balaban J connectivity index is 3.62. The van der Waals surface area contributed by atoms with Crippen molar-refractivity contribution in [2.24, 2.45) is 0 Å². The van der Waals surface area contributed by atoms with Crippen LogP contribution >= 0.6 is 12.6 Å². The molecule has 0 aliphatic heterocycles. The Morgan fingerprint density at radius 3 is 2.62 bits per heavy atom. The molecular weight excluding hydrogens is 192 g/mol. The third-order valence-corrected chi connectivity index (χ3v) is 1.90. The Bertz CT molecular complexity index is 208. The Kier molecular flexibility index (Phi) is 5.96. The topological polar surface area (TPSA) is 87.0 Å². The fraction of sp³-hybridized carbons (Fsp3) is 0.571. The summed E-state index contributed by atoms with van der Waals surface area (Å²) in [7, 11) is 0. The lowest BCUT2D eigenvalue weighted by Crippen LogP contribution is -2.26. The number of Topliss-reactive ketones (excluding diaryl/α,β-unsaturated/α-hetero) is 1. The molecule has 0 bridgehead atoms. The van der Waals surface area contributed by atoms with Gasteiger partial charge < -0.3 is 5.32 Å². The first-order valence-electron chi connectivity index (χ1n) is 3.73. The number of amides is 2. The molecule has 0 aromatic heterocycles. The van der Waals surface area contributed by atoms with E-state index in [9.17, 15) is 14.4 Å². The molecule has 5 nitrogen and oxygen atoms in total. The van der Waals surface area contributed by atoms with Gasteiger partial charge in [0.15, 0.2) is 5.78 Å². The lowest BCUT2D eigenvalue weighted by molar-refractivity contribution is -0.126. The van der Waals surface area contributed by atoms with Gasteiger partial charge in [-0.1, -0.05) is 0 Å². The van der Waals surface area contributed by atoms with E-state index in [2.05, 4.69) is 17.9 Å². The fourth-order valence-corrected chi connectivity index (χ4v) is 0.836. The van der Waals surface area contributed by atoms with E-state index >= 15 is 0 Å². The number of carbonyl (C=O) groups is 3. The Morgan fingerprint density at radius 1 is 1.54 bits per heavy atom. The smallest absolute Gasteiger partial charge is 0.258 e. The van der Waals surface area contributed by atoms with Crippen LogP contribution in [-0.4, -0.2) is 29.9 Å². The molecule has 0 aromatic carbocycles. The summed E-state index contributed by atoms with van der Waals surface area (Å²) in [5, 5.41) is 1.24. The van der Waals surface area contributed by atoms with E-state index in [1.54, 1.807) is 0 Å². The number of carbonyl (C=O) groups excluding carboxylic acids is 3. The molecule has 13 heavy (non-hydrogen) atoms. The van der Waals surface area contributed by atoms with Crippen molar-refractivity contribution >= 4 is 30.7 Å². The van der Waals surface area contributed by atoms with Crippen LogP contribution in [0.1, 0.15) is 12.8 Å². The van der Waals surface area contributed by atoms with Crippen LogP contribution in [0.5, 0.6) is 0 Å². The molecule has 0 saturated carbocycles. The van der Waals surface area contributed by atoms with Crippen molar-refractivity contribution in [1.29, 1.82) is 0 Å². The second-order valence-corrected chi connectivity index (χ2v) is 2.93. The van der Waals surface area contributed by atoms with Crippen molar-refractivity contribution in [3.05, 3.63) is 0 Å². The van der Waals surface area contributed by atoms with E-state index in [1.807, 2.05) is 0 Å². The summed E-state index contributed by atoms with van der Waals surface area (Å²) in [6.45, 7) is 0.391. The lowest BCUT2D eigenvalue weighted by atomic mass is 10.1. The molecule has 1 unspecified atom stereocenters. The van der Waals surface area contributed by atoms with Gasteiger partial charge >= 0.3 is 0 Å². The van der Waals surface area contributed by atoms with Gasteiger partial charge in [-0.3, -0.25) is 20.1 Å². The maximum Gasteiger partial charge on any atom is 0.258 e. The maximum atomic E-state index is 11.0. The third kappa shape index (κ3) is 5.24. The number of rotatable bonds is 7. The number of hydrogen-bond donors (Lipinski definition) is 2. The van der Waals surface area contributed by atoms with E-state index in [0.29, 0.717) is 19.4 Å². The highest BCUT2D eigenvalue weighted by Gasteiger charge is 2.19. The highest BCUT2D eigenvalue weighted by Crippen LogP contribution is 2.01. The summed E-state index contributed by atoms with van der Waals surface area (Å²) >= 11 is 3.67. The molecule has 0 rings (SSSR count). The SMILES string of the molecule is [NH]C(=O)C(S)C(=O)CCCNC=O. The first-order chi connectivity index (χ1) is 6.09. The molecule has 73 valence electrons. The minimum atomic E-state index is -1.14. The van der Waals surface area contributed by atoms with E-state index in [-0.39, 0.29) is 12.2 Å². The summed E-state index contributed by atoms with van der Waals surface area (Å²) in [5.41, 5.74) is 6.62. The zero-order valence-electron chi connectivity index (χ0n) is 6.95. The fourth-order valence-electron chi connectivity index (χ4n) is 0.707. The van der Waals surface area contributed by atoms with E-state index in [1.165, 1.54) is 0 Å². The van der Waals surface area contributed by atoms with E-state index < -0.39 is 11.2 Å². The number of ketones is 1. The number of hydrogen-bond acceptors (Lipinski definition) is 4. The van der Waals surface area contributed by atoms with Crippen LogP contribution in [0.4, 0.5) is 0 Å². The number of nitrogens with one attached hydrogen (secondary N) is 2. The summed E-state index contributed by atoms with van der Waals surface area (Å²) in [6, 6.07) is 0. The van der Waals surface area contributed by atoms with Crippen LogP contribution in [0.15, 0.2) is 0 Å². The molecule has 2 amide bonds. The summed E-state index contributed by atoms with van der Waals surface area (Å²) < 4.78 is 0. The molecule has 0 heterocycles. The zero-order chi connectivity index (χ0) is 10.3. The van der Waals surface area contributed by atoms with Crippen LogP contribution in [0.3, 0.4) is 0 Å². The van der Waals surface area contributed by atoms with Crippen molar-refractivity contribution in [2.75, 3.05) is 6.54 Å². The molecule has 0 fully saturated rings. The van der Waals surface area contributed by atoms with Crippen LogP contribution in [0.2, 0.25) is 0 Å². The van der Waals surface area contributed by atoms with Gasteiger partial charge in [0, 0.05) is 13.0 Å². The predicted molar refractivity (Wildman–Crippen MR) is 49.2 cm³/mol. The first kappa shape index (κ1) is 12.0. The molecule has 0 aliphatic carbocycles. The average molecular weight is 203 g/mol. The molecule has 1 atom stereocenters. The first-order valence-corrected chi connectivity index (χ1v) is 4.24. The monoisotopic (exact) mass is 203 g/mol. The van der Waals surface area contributed by atoms with Gasteiger partial charge in [-0.15, -0.1) is 0 Å². The van der Waals surface area contributed by atoms with Crippen molar-refractivity contribution in [2.45, 2.75) is 18.1 Å². The third-order valence-electron chi connectivity index (χ3n) is 1.38. The van der Waals surface area contributed by atoms with Crippen LogP contribution in [0.25, 0.3) is 0 Å². The van der Waals surface area contributed by atoms with E-state index in [4.69, 9.17) is 5.73 Å². The highest BCUT2D eigenvalue weighted by atomic mass is 32.1. The van der Waals surface area contributed by atoms with E-state index in [0.717, 1.165) is 0 Å². The molecule has 0 spiro atoms. The second-order valence-electron chi connectivity index (χ2n) is 2.41. The molecular formula is C7H11N2O3S. The zero-order valence-corrected chi connectivity index (χ0v) is 7.84. The van der Waals surface area contributed by atoms with Gasteiger partial charge in [-0.2, -0.15) is 12.6 Å². The van der Waals surface area contributed by atoms with Gasteiger partial charge in [-0.05, 0) is 6.42 Å². The largest absolute Gasteiger partial charge is 0.359 e. The van der Waals surface area contributed by atoms with Gasteiger partial charge in [0.1, 0.15) is 5.25 Å². The van der Waals surface area contributed by atoms with Crippen molar-refractivity contribution in [3.8, 4) is 0 Å². The molecule has 2 N–H and O–H groups in total. The molecule has 0 saturated heterocycles. The average Bonchev–Trinajstić information content (AvgIpc) is 2.10. The normalized spacial score (nSPS) is 11.8. The Hall–Kier alpha value is -1.04. The quantitative estimate of drug-likeness (QED) is 0.245.